The molecule has 0 bridgehead atoms. The van der Waals surface area contributed by atoms with E-state index in [9.17, 15) is 5.26 Å². The molecule has 0 amide bonds. The Morgan fingerprint density at radius 3 is 2.30 bits per heavy atom. The molecule has 0 heterocycles. The molecule has 20 heavy (non-hydrogen) atoms. The number of benzene rings is 2. The van der Waals surface area contributed by atoms with Gasteiger partial charge in [-0.1, -0.05) is 38.1 Å². The second-order valence-corrected chi connectivity index (χ2v) is 5.13. The smallest absolute Gasteiger partial charge is 0.0998 e. The van der Waals surface area contributed by atoms with E-state index in [2.05, 4.69) is 25.2 Å². The van der Waals surface area contributed by atoms with Gasteiger partial charge in [-0.25, -0.2) is 0 Å². The molecule has 0 unspecified atom stereocenters. The lowest BCUT2D eigenvalue weighted by atomic mass is 9.91. The number of hydrogen-bond donors (Lipinski definition) is 2. The SMILES string of the molecule is CCC(CC)(CN)Nc1ccc(C#N)c2ccccc12. The molecule has 0 saturated carbocycles. The van der Waals surface area contributed by atoms with Crippen molar-refractivity contribution in [2.75, 3.05) is 11.9 Å². The van der Waals surface area contributed by atoms with Crippen molar-refractivity contribution in [2.24, 2.45) is 5.73 Å². The van der Waals surface area contributed by atoms with Crippen molar-refractivity contribution in [1.29, 1.82) is 5.26 Å². The fourth-order valence-corrected chi connectivity index (χ4v) is 2.56. The average Bonchev–Trinajstić information content (AvgIpc) is 2.53. The van der Waals surface area contributed by atoms with Gasteiger partial charge in [-0.2, -0.15) is 5.26 Å². The van der Waals surface area contributed by atoms with Gasteiger partial charge in [0.15, 0.2) is 0 Å². The Kier molecular flexibility index (Phi) is 4.26. The van der Waals surface area contributed by atoms with Crippen LogP contribution in [-0.2, 0) is 0 Å². The maximum Gasteiger partial charge on any atom is 0.0998 e. The molecule has 0 aliphatic rings. The molecule has 0 aliphatic carbocycles. The highest BCUT2D eigenvalue weighted by atomic mass is 15.0. The summed E-state index contributed by atoms with van der Waals surface area (Å²) < 4.78 is 0. The Labute approximate surface area is 120 Å². The quantitative estimate of drug-likeness (QED) is 0.869. The topological polar surface area (TPSA) is 61.8 Å². The van der Waals surface area contributed by atoms with Crippen molar-refractivity contribution in [3.8, 4) is 6.07 Å². The van der Waals surface area contributed by atoms with E-state index in [1.54, 1.807) is 0 Å². The zero-order valence-electron chi connectivity index (χ0n) is 12.1. The summed E-state index contributed by atoms with van der Waals surface area (Å²) in [7, 11) is 0. The van der Waals surface area contributed by atoms with Crippen molar-refractivity contribution < 1.29 is 0 Å². The highest BCUT2D eigenvalue weighted by Gasteiger charge is 2.24. The molecule has 0 atom stereocenters. The van der Waals surface area contributed by atoms with E-state index in [0.717, 1.165) is 29.3 Å². The third-order valence-electron chi connectivity index (χ3n) is 4.19. The summed E-state index contributed by atoms with van der Waals surface area (Å²) in [6.45, 7) is 4.89. The zero-order chi connectivity index (χ0) is 14.6. The first-order chi connectivity index (χ1) is 9.69. The fraction of sp³-hybridized carbons (Fsp3) is 0.353. The van der Waals surface area contributed by atoms with E-state index in [0.29, 0.717) is 12.1 Å². The van der Waals surface area contributed by atoms with Gasteiger partial charge in [-0.15, -0.1) is 0 Å². The Hall–Kier alpha value is -2.05. The third-order valence-corrected chi connectivity index (χ3v) is 4.19. The van der Waals surface area contributed by atoms with E-state index in [1.165, 1.54) is 0 Å². The molecule has 3 nitrogen and oxygen atoms in total. The first-order valence-electron chi connectivity index (χ1n) is 7.09. The van der Waals surface area contributed by atoms with Crippen LogP contribution in [0.1, 0.15) is 32.3 Å². The van der Waals surface area contributed by atoms with E-state index in [1.807, 2.05) is 36.4 Å². The fourth-order valence-electron chi connectivity index (χ4n) is 2.56. The lowest BCUT2D eigenvalue weighted by molar-refractivity contribution is 0.446. The standard InChI is InChI=1S/C17H21N3/c1-3-17(4-2,12-19)20-16-10-9-13(11-18)14-7-5-6-8-15(14)16/h5-10,20H,3-4,12,19H2,1-2H3. The van der Waals surface area contributed by atoms with Gasteiger partial charge in [-0.05, 0) is 25.0 Å². The van der Waals surface area contributed by atoms with Gasteiger partial charge < -0.3 is 11.1 Å². The molecule has 3 heteroatoms. The zero-order valence-corrected chi connectivity index (χ0v) is 12.1. The third kappa shape index (κ3) is 2.48. The van der Waals surface area contributed by atoms with Crippen molar-refractivity contribution >= 4 is 16.5 Å². The van der Waals surface area contributed by atoms with Crippen LogP contribution >= 0.6 is 0 Å². The number of nitrogens with two attached hydrogens (primary N) is 1. The number of rotatable bonds is 5. The van der Waals surface area contributed by atoms with Crippen molar-refractivity contribution in [3.63, 3.8) is 0 Å². The second-order valence-electron chi connectivity index (χ2n) is 5.13. The maximum atomic E-state index is 9.21. The van der Waals surface area contributed by atoms with Gasteiger partial charge in [0.1, 0.15) is 0 Å². The summed E-state index contributed by atoms with van der Waals surface area (Å²) in [5.41, 5.74) is 7.63. The van der Waals surface area contributed by atoms with Gasteiger partial charge in [-0.3, -0.25) is 0 Å². The van der Waals surface area contributed by atoms with Crippen LogP contribution in [0.2, 0.25) is 0 Å². The molecule has 0 spiro atoms. The monoisotopic (exact) mass is 267 g/mol. The Morgan fingerprint density at radius 1 is 1.10 bits per heavy atom. The van der Waals surface area contributed by atoms with Gasteiger partial charge in [0, 0.05) is 28.5 Å². The molecule has 0 aliphatic heterocycles. The van der Waals surface area contributed by atoms with Crippen LogP contribution in [0.3, 0.4) is 0 Å². The van der Waals surface area contributed by atoms with Gasteiger partial charge in [0.25, 0.3) is 0 Å². The Balaban J connectivity index is 2.54. The first-order valence-corrected chi connectivity index (χ1v) is 7.09. The van der Waals surface area contributed by atoms with E-state index in [-0.39, 0.29) is 5.54 Å². The molecular weight excluding hydrogens is 246 g/mol. The van der Waals surface area contributed by atoms with Gasteiger partial charge >= 0.3 is 0 Å². The van der Waals surface area contributed by atoms with E-state index in [4.69, 9.17) is 5.73 Å². The Bertz CT molecular complexity index is 628. The molecule has 0 aromatic heterocycles. The van der Waals surface area contributed by atoms with Crippen LogP contribution < -0.4 is 11.1 Å². The number of hydrogen-bond acceptors (Lipinski definition) is 3. The molecule has 2 aromatic rings. The number of nitrogens with zero attached hydrogens (tertiary/aromatic N) is 1. The average molecular weight is 267 g/mol. The highest BCUT2D eigenvalue weighted by Crippen LogP contribution is 2.30. The molecular formula is C17H21N3. The summed E-state index contributed by atoms with van der Waals surface area (Å²) >= 11 is 0. The van der Waals surface area contributed by atoms with Crippen molar-refractivity contribution in [1.82, 2.24) is 0 Å². The van der Waals surface area contributed by atoms with E-state index < -0.39 is 0 Å². The summed E-state index contributed by atoms with van der Waals surface area (Å²) in [5.74, 6) is 0. The number of nitriles is 1. The summed E-state index contributed by atoms with van der Waals surface area (Å²) in [6, 6.07) is 14.1. The first kappa shape index (κ1) is 14.4. The molecule has 2 rings (SSSR count). The number of anilines is 1. The number of nitrogens with one attached hydrogen (secondary N) is 1. The second kappa shape index (κ2) is 5.94. The van der Waals surface area contributed by atoms with Crippen LogP contribution in [0.15, 0.2) is 36.4 Å². The molecule has 104 valence electrons. The maximum absolute atomic E-state index is 9.21. The molecule has 0 fully saturated rings. The molecule has 0 radical (unpaired) electrons. The van der Waals surface area contributed by atoms with Crippen LogP contribution in [0.4, 0.5) is 5.69 Å². The lowest BCUT2D eigenvalue weighted by Gasteiger charge is -2.33. The Morgan fingerprint density at radius 2 is 1.75 bits per heavy atom. The summed E-state index contributed by atoms with van der Waals surface area (Å²) in [5, 5.41) is 14.9. The molecule has 2 aromatic carbocycles. The summed E-state index contributed by atoms with van der Waals surface area (Å²) in [6.07, 6.45) is 1.93. The molecule has 0 saturated heterocycles. The normalized spacial score (nSPS) is 11.3. The van der Waals surface area contributed by atoms with Gasteiger partial charge in [0.2, 0.25) is 0 Å². The highest BCUT2D eigenvalue weighted by molar-refractivity contribution is 5.97. The van der Waals surface area contributed by atoms with Crippen LogP contribution in [0.25, 0.3) is 10.8 Å². The minimum atomic E-state index is -0.0864. The van der Waals surface area contributed by atoms with E-state index >= 15 is 0 Å². The largest absolute Gasteiger partial charge is 0.378 e. The lowest BCUT2D eigenvalue weighted by Crippen LogP contribution is -2.44. The van der Waals surface area contributed by atoms with Crippen LogP contribution in [-0.4, -0.2) is 12.1 Å². The summed E-state index contributed by atoms with van der Waals surface area (Å²) in [4.78, 5) is 0. The predicted octanol–water partition coefficient (Wildman–Crippen LogP) is 3.64. The predicted molar refractivity (Wildman–Crippen MR) is 84.7 cm³/mol. The van der Waals surface area contributed by atoms with Crippen LogP contribution in [0.5, 0.6) is 0 Å². The minimum Gasteiger partial charge on any atom is -0.378 e. The van der Waals surface area contributed by atoms with Crippen LogP contribution in [0, 0.1) is 11.3 Å². The van der Waals surface area contributed by atoms with Crippen molar-refractivity contribution in [2.45, 2.75) is 32.2 Å². The molecule has 3 N–H and O–H groups in total. The number of fused-ring (bicyclic) bond motifs is 1. The van der Waals surface area contributed by atoms with Crippen molar-refractivity contribution in [3.05, 3.63) is 42.0 Å². The minimum absolute atomic E-state index is 0.0864. The van der Waals surface area contributed by atoms with Gasteiger partial charge in [0.05, 0.1) is 11.6 Å².